The molecule has 0 unspecified atom stereocenters. The number of rotatable bonds is 3. The van der Waals surface area contributed by atoms with Gasteiger partial charge in [-0.15, -0.1) is 0 Å². The minimum Gasteiger partial charge on any atom is -0.396 e. The van der Waals surface area contributed by atoms with E-state index in [0.717, 1.165) is 10.9 Å². The van der Waals surface area contributed by atoms with Gasteiger partial charge in [-0.05, 0) is 25.3 Å². The molecule has 0 atom stereocenters. The lowest BCUT2D eigenvalue weighted by Gasteiger charge is -2.11. The molecule has 0 fully saturated rings. The Bertz CT molecular complexity index is 327. The van der Waals surface area contributed by atoms with Gasteiger partial charge in [-0.1, -0.05) is 24.3 Å². The first-order valence-electron chi connectivity index (χ1n) is 4.30. The first-order valence-corrected chi connectivity index (χ1v) is 6.90. The van der Waals surface area contributed by atoms with Crippen LogP contribution in [0.1, 0.15) is 5.56 Å². The summed E-state index contributed by atoms with van der Waals surface area (Å²) in [4.78, 5) is 0. The first kappa shape index (κ1) is 10.5. The number of hydrogen-bond donors (Lipinski definition) is 1. The number of aliphatic hydroxyl groups excluding tert-OH is 1. The zero-order valence-electron chi connectivity index (χ0n) is 8.03. The Labute approximate surface area is 79.0 Å². The van der Waals surface area contributed by atoms with Gasteiger partial charge in [0.25, 0.3) is 0 Å². The fourth-order valence-corrected chi connectivity index (χ4v) is 2.69. The topological polar surface area (TPSA) is 37.3 Å². The van der Waals surface area contributed by atoms with Crippen LogP contribution in [0.5, 0.6) is 0 Å². The lowest BCUT2D eigenvalue weighted by molar-refractivity contribution is 0.300. The van der Waals surface area contributed by atoms with E-state index in [1.807, 2.05) is 24.3 Å². The molecule has 0 radical (unpaired) electrons. The van der Waals surface area contributed by atoms with Crippen molar-refractivity contribution >= 4 is 12.4 Å². The molecule has 3 heteroatoms. The van der Waals surface area contributed by atoms with Gasteiger partial charge in [-0.25, -0.2) is 0 Å². The van der Waals surface area contributed by atoms with Crippen LogP contribution in [0.15, 0.2) is 24.3 Å². The van der Waals surface area contributed by atoms with Gasteiger partial charge >= 0.3 is 0 Å². The van der Waals surface area contributed by atoms with Crippen LogP contribution in [0, 0.1) is 0 Å². The van der Waals surface area contributed by atoms with Gasteiger partial charge < -0.3 is 9.67 Å². The van der Waals surface area contributed by atoms with Gasteiger partial charge in [0, 0.05) is 11.9 Å². The van der Waals surface area contributed by atoms with Crippen LogP contribution < -0.4 is 5.30 Å². The average Bonchev–Trinajstić information content (AvgIpc) is 2.04. The van der Waals surface area contributed by atoms with Crippen molar-refractivity contribution in [2.45, 2.75) is 6.42 Å². The molecule has 0 amide bonds. The second-order valence-electron chi connectivity index (χ2n) is 3.45. The normalized spacial score (nSPS) is 11.6. The highest BCUT2D eigenvalue weighted by Gasteiger charge is 2.14. The average molecular weight is 198 g/mol. The highest BCUT2D eigenvalue weighted by atomic mass is 31.2. The van der Waals surface area contributed by atoms with Crippen molar-refractivity contribution in [2.24, 2.45) is 0 Å². The van der Waals surface area contributed by atoms with E-state index in [4.69, 9.17) is 5.11 Å². The molecule has 0 saturated carbocycles. The molecule has 0 aliphatic carbocycles. The van der Waals surface area contributed by atoms with Crippen molar-refractivity contribution in [1.82, 2.24) is 0 Å². The standard InChI is InChI=1S/C10H15O2P/c1-13(2,12)10-6-4-3-5-9(10)7-8-11/h3-6,11H,7-8H2,1-2H3. The summed E-state index contributed by atoms with van der Waals surface area (Å²) in [6, 6.07) is 7.59. The monoisotopic (exact) mass is 198 g/mol. The first-order chi connectivity index (χ1) is 6.05. The molecular weight excluding hydrogens is 183 g/mol. The van der Waals surface area contributed by atoms with Crippen LogP contribution in [0.2, 0.25) is 0 Å². The van der Waals surface area contributed by atoms with Crippen molar-refractivity contribution in [3.05, 3.63) is 29.8 Å². The van der Waals surface area contributed by atoms with Gasteiger partial charge in [0.2, 0.25) is 0 Å². The second-order valence-corrected chi connectivity index (χ2v) is 6.64. The molecule has 1 rings (SSSR count). The van der Waals surface area contributed by atoms with E-state index in [1.54, 1.807) is 13.3 Å². The molecule has 1 aromatic rings. The number of aliphatic hydroxyl groups is 1. The molecule has 1 N–H and O–H groups in total. The molecule has 0 saturated heterocycles. The van der Waals surface area contributed by atoms with E-state index in [0.29, 0.717) is 6.42 Å². The minimum absolute atomic E-state index is 0.108. The highest BCUT2D eigenvalue weighted by molar-refractivity contribution is 7.70. The third-order valence-electron chi connectivity index (χ3n) is 1.95. The van der Waals surface area contributed by atoms with E-state index >= 15 is 0 Å². The number of benzene rings is 1. The maximum atomic E-state index is 11.8. The van der Waals surface area contributed by atoms with Crippen LogP contribution >= 0.6 is 7.14 Å². The smallest absolute Gasteiger partial charge is 0.110 e. The summed E-state index contributed by atoms with van der Waals surface area (Å²) >= 11 is 0. The summed E-state index contributed by atoms with van der Waals surface area (Å²) in [5.41, 5.74) is 0.998. The van der Waals surface area contributed by atoms with Crippen molar-refractivity contribution in [3.8, 4) is 0 Å². The molecular formula is C10H15O2P. The summed E-state index contributed by atoms with van der Waals surface area (Å²) in [6.45, 7) is 3.61. The summed E-state index contributed by atoms with van der Waals surface area (Å²) in [7, 11) is -2.20. The van der Waals surface area contributed by atoms with Gasteiger partial charge in [0.15, 0.2) is 0 Å². The fourth-order valence-electron chi connectivity index (χ4n) is 1.37. The van der Waals surface area contributed by atoms with Crippen molar-refractivity contribution in [1.29, 1.82) is 0 Å². The third kappa shape index (κ3) is 2.68. The van der Waals surface area contributed by atoms with E-state index in [2.05, 4.69) is 0 Å². The van der Waals surface area contributed by atoms with Gasteiger partial charge in [0.1, 0.15) is 7.14 Å². The summed E-state index contributed by atoms with van der Waals surface area (Å²) < 4.78 is 11.8. The van der Waals surface area contributed by atoms with Crippen molar-refractivity contribution < 1.29 is 9.67 Å². The molecule has 2 nitrogen and oxygen atoms in total. The van der Waals surface area contributed by atoms with E-state index < -0.39 is 7.14 Å². The fraction of sp³-hybridized carbons (Fsp3) is 0.400. The molecule has 72 valence electrons. The summed E-state index contributed by atoms with van der Waals surface area (Å²) in [6.07, 6.45) is 0.585. The Kier molecular flexibility index (Phi) is 3.29. The minimum atomic E-state index is -2.20. The van der Waals surface area contributed by atoms with Gasteiger partial charge in [-0.2, -0.15) is 0 Å². The van der Waals surface area contributed by atoms with Crippen molar-refractivity contribution in [3.63, 3.8) is 0 Å². The molecule has 13 heavy (non-hydrogen) atoms. The maximum absolute atomic E-state index is 11.8. The molecule has 0 aliphatic heterocycles. The predicted octanol–water partition coefficient (Wildman–Crippen LogP) is 1.47. The van der Waals surface area contributed by atoms with E-state index in [-0.39, 0.29) is 6.61 Å². The SMILES string of the molecule is CP(C)(=O)c1ccccc1CCO. The molecule has 0 spiro atoms. The van der Waals surface area contributed by atoms with E-state index in [1.165, 1.54) is 0 Å². The zero-order valence-corrected chi connectivity index (χ0v) is 8.92. The van der Waals surface area contributed by atoms with Gasteiger partial charge in [-0.3, -0.25) is 0 Å². The van der Waals surface area contributed by atoms with Gasteiger partial charge in [0.05, 0.1) is 0 Å². The lowest BCUT2D eigenvalue weighted by atomic mass is 10.2. The molecule has 0 bridgehead atoms. The Morgan fingerprint density at radius 3 is 2.46 bits per heavy atom. The van der Waals surface area contributed by atoms with Crippen LogP contribution in [-0.2, 0) is 11.0 Å². The molecule has 0 aromatic heterocycles. The largest absolute Gasteiger partial charge is 0.396 e. The Hall–Kier alpha value is -0.590. The second kappa shape index (κ2) is 4.08. The molecule has 0 heterocycles. The third-order valence-corrected chi connectivity index (χ3v) is 3.55. The lowest BCUT2D eigenvalue weighted by Crippen LogP contribution is -2.11. The highest BCUT2D eigenvalue weighted by Crippen LogP contribution is 2.35. The summed E-state index contributed by atoms with van der Waals surface area (Å²) in [5, 5.41) is 9.71. The van der Waals surface area contributed by atoms with E-state index in [9.17, 15) is 4.57 Å². The van der Waals surface area contributed by atoms with Crippen molar-refractivity contribution in [2.75, 3.05) is 19.9 Å². The van der Waals surface area contributed by atoms with Crippen LogP contribution in [-0.4, -0.2) is 25.0 Å². The Morgan fingerprint density at radius 2 is 1.92 bits per heavy atom. The zero-order chi connectivity index (χ0) is 9.90. The van der Waals surface area contributed by atoms with Crippen LogP contribution in [0.25, 0.3) is 0 Å². The molecule has 0 aliphatic rings. The summed E-state index contributed by atoms with van der Waals surface area (Å²) in [5.74, 6) is 0. The maximum Gasteiger partial charge on any atom is 0.110 e. The quantitative estimate of drug-likeness (QED) is 0.747. The Morgan fingerprint density at radius 1 is 1.31 bits per heavy atom. The number of hydrogen-bond acceptors (Lipinski definition) is 2. The Balaban J connectivity index is 3.12. The van der Waals surface area contributed by atoms with Crippen LogP contribution in [0.3, 0.4) is 0 Å². The van der Waals surface area contributed by atoms with Crippen LogP contribution in [0.4, 0.5) is 0 Å². The predicted molar refractivity (Wildman–Crippen MR) is 56.3 cm³/mol. The molecule has 1 aromatic carbocycles.